The molecule has 0 fully saturated rings. The molecule has 6 heteroatoms. The number of hydrogen-bond donors (Lipinski definition) is 0. The van der Waals surface area contributed by atoms with Crippen molar-refractivity contribution in [1.82, 2.24) is 19.7 Å². The van der Waals surface area contributed by atoms with Gasteiger partial charge in [-0.3, -0.25) is 0 Å². The molecule has 0 unspecified atom stereocenters. The lowest BCUT2D eigenvalue weighted by molar-refractivity contribution is 0.462. The largest absolute Gasteiger partial charge is 0.437 e. The summed E-state index contributed by atoms with van der Waals surface area (Å²) in [4.78, 5) is 8.86. The average Bonchev–Trinajstić information content (AvgIpc) is 3.01. The van der Waals surface area contributed by atoms with E-state index < -0.39 is 0 Å². The first-order valence-electron chi connectivity index (χ1n) is 6.99. The second-order valence-corrected chi connectivity index (χ2v) is 5.30. The summed E-state index contributed by atoms with van der Waals surface area (Å²) < 4.78 is 7.43. The van der Waals surface area contributed by atoms with Crippen molar-refractivity contribution in [2.45, 2.75) is 0 Å². The maximum absolute atomic E-state index is 5.86. The van der Waals surface area contributed by atoms with Crippen LogP contribution >= 0.6 is 11.6 Å². The molecule has 23 heavy (non-hydrogen) atoms. The normalized spacial score (nSPS) is 10.8. The van der Waals surface area contributed by atoms with Gasteiger partial charge in [0.2, 0.25) is 5.88 Å². The van der Waals surface area contributed by atoms with E-state index in [0.717, 1.165) is 5.69 Å². The second-order valence-electron chi connectivity index (χ2n) is 4.86. The van der Waals surface area contributed by atoms with Crippen molar-refractivity contribution >= 4 is 22.8 Å². The summed E-state index contributed by atoms with van der Waals surface area (Å²) >= 11 is 5.86. The van der Waals surface area contributed by atoms with Crippen LogP contribution in [0.25, 0.3) is 16.9 Å². The van der Waals surface area contributed by atoms with Crippen LogP contribution in [0, 0.1) is 0 Å². The third kappa shape index (κ3) is 2.74. The number of fused-ring (bicyclic) bond motifs is 1. The van der Waals surface area contributed by atoms with E-state index in [1.165, 1.54) is 0 Å². The van der Waals surface area contributed by atoms with Crippen LogP contribution in [-0.2, 0) is 0 Å². The summed E-state index contributed by atoms with van der Waals surface area (Å²) in [6, 6.07) is 16.9. The molecule has 0 aliphatic carbocycles. The van der Waals surface area contributed by atoms with Crippen LogP contribution < -0.4 is 4.74 Å². The molecule has 4 rings (SSSR count). The summed E-state index contributed by atoms with van der Waals surface area (Å²) in [5.74, 6) is 1.06. The van der Waals surface area contributed by atoms with E-state index in [2.05, 4.69) is 15.1 Å². The van der Waals surface area contributed by atoms with Crippen molar-refractivity contribution in [1.29, 1.82) is 0 Å². The lowest BCUT2D eigenvalue weighted by Crippen LogP contribution is -1.97. The van der Waals surface area contributed by atoms with Crippen LogP contribution in [0.2, 0.25) is 5.02 Å². The van der Waals surface area contributed by atoms with Gasteiger partial charge in [0.05, 0.1) is 18.1 Å². The lowest BCUT2D eigenvalue weighted by atomic mass is 10.3. The Morgan fingerprint density at radius 3 is 2.48 bits per heavy atom. The Labute approximate surface area is 137 Å². The Morgan fingerprint density at radius 1 is 0.913 bits per heavy atom. The van der Waals surface area contributed by atoms with E-state index in [1.54, 1.807) is 41.3 Å². The van der Waals surface area contributed by atoms with E-state index in [0.29, 0.717) is 27.8 Å². The summed E-state index contributed by atoms with van der Waals surface area (Å²) in [5, 5.41) is 5.00. The van der Waals surface area contributed by atoms with Crippen LogP contribution in [0.15, 0.2) is 67.0 Å². The molecule has 0 bridgehead atoms. The standard InChI is InChI=1S/C17H11ClN4O/c18-12-6-8-14(9-7-12)23-16-11-19-17-15(21-16)10-20-22(17)13-4-2-1-3-5-13/h1-11H. The molecule has 112 valence electrons. The van der Waals surface area contributed by atoms with Gasteiger partial charge in [-0.05, 0) is 36.4 Å². The lowest BCUT2D eigenvalue weighted by Gasteiger charge is -2.05. The van der Waals surface area contributed by atoms with Gasteiger partial charge >= 0.3 is 0 Å². The van der Waals surface area contributed by atoms with Gasteiger partial charge < -0.3 is 4.74 Å². The van der Waals surface area contributed by atoms with Crippen LogP contribution in [0.5, 0.6) is 11.6 Å². The molecule has 0 spiro atoms. The molecular formula is C17H11ClN4O. The Morgan fingerprint density at radius 2 is 1.70 bits per heavy atom. The fourth-order valence-electron chi connectivity index (χ4n) is 2.23. The summed E-state index contributed by atoms with van der Waals surface area (Å²) in [6.45, 7) is 0. The molecule has 0 amide bonds. The monoisotopic (exact) mass is 322 g/mol. The Hall–Kier alpha value is -2.92. The van der Waals surface area contributed by atoms with Gasteiger partial charge in [-0.2, -0.15) is 5.10 Å². The van der Waals surface area contributed by atoms with Crippen LogP contribution in [-0.4, -0.2) is 19.7 Å². The van der Waals surface area contributed by atoms with Crippen molar-refractivity contribution < 1.29 is 4.74 Å². The second kappa shape index (κ2) is 5.70. The van der Waals surface area contributed by atoms with E-state index in [9.17, 15) is 0 Å². The Bertz CT molecular complexity index is 951. The van der Waals surface area contributed by atoms with Gasteiger partial charge in [-0.15, -0.1) is 0 Å². The molecule has 0 saturated heterocycles. The van der Waals surface area contributed by atoms with Gasteiger partial charge in [0, 0.05) is 5.02 Å². The van der Waals surface area contributed by atoms with Crippen molar-refractivity contribution in [2.24, 2.45) is 0 Å². The average molecular weight is 323 g/mol. The van der Waals surface area contributed by atoms with Crippen LogP contribution in [0.3, 0.4) is 0 Å². The minimum absolute atomic E-state index is 0.410. The Kier molecular flexibility index (Phi) is 3.40. The van der Waals surface area contributed by atoms with E-state index >= 15 is 0 Å². The number of ether oxygens (including phenoxy) is 1. The van der Waals surface area contributed by atoms with Crippen LogP contribution in [0.4, 0.5) is 0 Å². The predicted octanol–water partition coefficient (Wildman–Crippen LogP) is 4.26. The third-order valence-electron chi connectivity index (χ3n) is 3.29. The number of halogens is 1. The highest BCUT2D eigenvalue weighted by Gasteiger charge is 2.09. The molecular weight excluding hydrogens is 312 g/mol. The molecule has 2 aromatic heterocycles. The molecule has 2 heterocycles. The zero-order chi connectivity index (χ0) is 15.6. The highest BCUT2D eigenvalue weighted by molar-refractivity contribution is 6.30. The molecule has 4 aromatic rings. The van der Waals surface area contributed by atoms with Crippen LogP contribution in [0.1, 0.15) is 0 Å². The molecule has 0 atom stereocenters. The van der Waals surface area contributed by atoms with Crippen molar-refractivity contribution in [3.8, 4) is 17.3 Å². The minimum Gasteiger partial charge on any atom is -0.437 e. The van der Waals surface area contributed by atoms with Gasteiger partial charge in [-0.25, -0.2) is 14.6 Å². The molecule has 5 nitrogen and oxygen atoms in total. The molecule has 0 radical (unpaired) electrons. The highest BCUT2D eigenvalue weighted by atomic mass is 35.5. The summed E-state index contributed by atoms with van der Waals surface area (Å²) in [7, 11) is 0. The third-order valence-corrected chi connectivity index (χ3v) is 3.54. The first-order chi connectivity index (χ1) is 11.3. The summed E-state index contributed by atoms with van der Waals surface area (Å²) in [5.41, 5.74) is 2.28. The van der Waals surface area contributed by atoms with E-state index in [1.807, 2.05) is 30.3 Å². The summed E-state index contributed by atoms with van der Waals surface area (Å²) in [6.07, 6.45) is 3.25. The van der Waals surface area contributed by atoms with Crippen molar-refractivity contribution in [3.63, 3.8) is 0 Å². The van der Waals surface area contributed by atoms with Gasteiger partial charge in [0.25, 0.3) is 0 Å². The maximum Gasteiger partial charge on any atom is 0.238 e. The van der Waals surface area contributed by atoms with Crippen molar-refractivity contribution in [2.75, 3.05) is 0 Å². The van der Waals surface area contributed by atoms with E-state index in [-0.39, 0.29) is 0 Å². The SMILES string of the molecule is Clc1ccc(Oc2cnc3c(cnn3-c3ccccc3)n2)cc1. The number of hydrogen-bond acceptors (Lipinski definition) is 4. The topological polar surface area (TPSA) is 52.8 Å². The molecule has 0 saturated carbocycles. The highest BCUT2D eigenvalue weighted by Crippen LogP contribution is 2.23. The van der Waals surface area contributed by atoms with Crippen molar-refractivity contribution in [3.05, 3.63) is 72.0 Å². The molecule has 0 N–H and O–H groups in total. The minimum atomic E-state index is 0.410. The number of benzene rings is 2. The Balaban J connectivity index is 1.68. The molecule has 0 aliphatic rings. The van der Waals surface area contributed by atoms with E-state index in [4.69, 9.17) is 16.3 Å². The first-order valence-corrected chi connectivity index (χ1v) is 7.37. The number of aromatic nitrogens is 4. The smallest absolute Gasteiger partial charge is 0.238 e. The number of para-hydroxylation sites is 1. The van der Waals surface area contributed by atoms with Gasteiger partial charge in [0.15, 0.2) is 5.65 Å². The molecule has 2 aromatic carbocycles. The number of nitrogens with zero attached hydrogens (tertiary/aromatic N) is 4. The predicted molar refractivity (Wildman–Crippen MR) is 88.2 cm³/mol. The molecule has 0 aliphatic heterocycles. The zero-order valence-corrected chi connectivity index (χ0v) is 12.7. The first kappa shape index (κ1) is 13.7. The fourth-order valence-corrected chi connectivity index (χ4v) is 2.35. The number of rotatable bonds is 3. The van der Waals surface area contributed by atoms with Gasteiger partial charge in [0.1, 0.15) is 11.3 Å². The fraction of sp³-hybridized carbons (Fsp3) is 0. The quantitative estimate of drug-likeness (QED) is 0.565. The zero-order valence-electron chi connectivity index (χ0n) is 11.9. The van der Waals surface area contributed by atoms with Gasteiger partial charge in [-0.1, -0.05) is 29.8 Å². The maximum atomic E-state index is 5.86.